The third kappa shape index (κ3) is 5.03. The van der Waals surface area contributed by atoms with Gasteiger partial charge in [0.15, 0.2) is 10.3 Å². The molecule has 38 heavy (non-hydrogen) atoms. The molecule has 3 aromatic carbocycles. The van der Waals surface area contributed by atoms with E-state index in [1.165, 1.54) is 23.5 Å². The van der Waals surface area contributed by atoms with E-state index in [0.717, 1.165) is 43.4 Å². The first kappa shape index (κ1) is 24.3. The Kier molecular flexibility index (Phi) is 6.62. The maximum absolute atomic E-state index is 13.6. The number of fused-ring (bicyclic) bond motifs is 1. The number of hydrogen-bond acceptors (Lipinski definition) is 6. The topological polar surface area (TPSA) is 58.7 Å². The Hall–Kier alpha value is -4.07. The third-order valence-electron chi connectivity index (χ3n) is 6.04. The Balaban J connectivity index is 1.31. The molecule has 0 spiro atoms. The molecule has 0 aliphatic carbocycles. The van der Waals surface area contributed by atoms with Crippen LogP contribution in [0.4, 0.5) is 11.4 Å². The molecule has 0 N–H and O–H groups in total. The van der Waals surface area contributed by atoms with Gasteiger partial charge in [0, 0.05) is 22.6 Å². The lowest BCUT2D eigenvalue weighted by atomic mass is 10.2. The van der Waals surface area contributed by atoms with Gasteiger partial charge in [0.05, 0.1) is 21.8 Å². The number of hydrogen-bond donors (Lipinski definition) is 0. The minimum absolute atomic E-state index is 0.131. The number of carbonyl (C=O) groups is 1. The maximum atomic E-state index is 13.6. The Bertz CT molecular complexity index is 1700. The van der Waals surface area contributed by atoms with Gasteiger partial charge in [-0.05, 0) is 85.9 Å². The van der Waals surface area contributed by atoms with Crippen LogP contribution < -0.4 is 4.90 Å². The van der Waals surface area contributed by atoms with Crippen molar-refractivity contribution in [2.45, 2.75) is 23.8 Å². The first-order valence-electron chi connectivity index (χ1n) is 12.1. The van der Waals surface area contributed by atoms with E-state index in [1.54, 1.807) is 17.2 Å². The number of para-hydroxylation sites is 1. The average Bonchev–Trinajstić information content (AvgIpc) is 3.49. The molecule has 0 saturated carbocycles. The number of amidine groups is 1. The number of aromatic nitrogens is 1. The lowest BCUT2D eigenvalue weighted by Gasteiger charge is -2.16. The molecule has 0 unspecified atom stereocenters. The van der Waals surface area contributed by atoms with E-state index in [2.05, 4.69) is 4.98 Å². The smallest absolute Gasteiger partial charge is 0.271 e. The van der Waals surface area contributed by atoms with Gasteiger partial charge in [0.2, 0.25) is 0 Å². The van der Waals surface area contributed by atoms with E-state index in [4.69, 9.17) is 9.41 Å². The SMILES string of the molecule is Cc1ccc(N=C2S/C(=C\c3ccc(Sc4cccc5cccnc45)o3)C(=O)N2c2ccc(C)cc2)cc1. The first-order valence-corrected chi connectivity index (χ1v) is 13.7. The van der Waals surface area contributed by atoms with Crippen LogP contribution in [0.15, 0.2) is 121 Å². The van der Waals surface area contributed by atoms with Gasteiger partial charge < -0.3 is 4.42 Å². The van der Waals surface area contributed by atoms with E-state index in [-0.39, 0.29) is 5.91 Å². The zero-order chi connectivity index (χ0) is 26.1. The number of aliphatic imine (C=N–C) groups is 1. The Labute approximate surface area is 229 Å². The summed E-state index contributed by atoms with van der Waals surface area (Å²) < 4.78 is 6.10. The highest BCUT2D eigenvalue weighted by Gasteiger charge is 2.35. The Morgan fingerprint density at radius 1 is 0.895 bits per heavy atom. The van der Waals surface area contributed by atoms with Crippen molar-refractivity contribution in [3.8, 4) is 0 Å². The number of aryl methyl sites for hydroxylation is 2. The fraction of sp³-hybridized carbons (Fsp3) is 0.0645. The van der Waals surface area contributed by atoms with Crippen molar-refractivity contribution in [1.29, 1.82) is 0 Å². The molecule has 3 heterocycles. The lowest BCUT2D eigenvalue weighted by Crippen LogP contribution is -2.28. The Morgan fingerprint density at radius 3 is 2.42 bits per heavy atom. The van der Waals surface area contributed by atoms with E-state index in [0.29, 0.717) is 15.8 Å². The van der Waals surface area contributed by atoms with Crippen molar-refractivity contribution in [2.24, 2.45) is 4.99 Å². The molecule has 6 rings (SSSR count). The van der Waals surface area contributed by atoms with Gasteiger partial charge in [-0.15, -0.1) is 0 Å². The van der Waals surface area contributed by atoms with E-state index < -0.39 is 0 Å². The molecule has 2 aromatic heterocycles. The molecule has 5 nitrogen and oxygen atoms in total. The summed E-state index contributed by atoms with van der Waals surface area (Å²) in [5.74, 6) is 0.477. The molecule has 7 heteroatoms. The molecule has 1 aliphatic heterocycles. The number of furan rings is 1. The summed E-state index contributed by atoms with van der Waals surface area (Å²) in [5, 5.41) is 2.42. The highest BCUT2D eigenvalue weighted by Crippen LogP contribution is 2.39. The molecule has 1 amide bonds. The monoisotopic (exact) mass is 533 g/mol. The van der Waals surface area contributed by atoms with Crippen LogP contribution in [0.25, 0.3) is 17.0 Å². The number of amides is 1. The van der Waals surface area contributed by atoms with Crippen molar-refractivity contribution in [3.05, 3.63) is 119 Å². The summed E-state index contributed by atoms with van der Waals surface area (Å²) in [6, 6.07) is 29.7. The zero-order valence-electron chi connectivity index (χ0n) is 20.8. The molecule has 0 radical (unpaired) electrons. The van der Waals surface area contributed by atoms with Gasteiger partial charge >= 0.3 is 0 Å². The van der Waals surface area contributed by atoms with Crippen LogP contribution in [-0.4, -0.2) is 16.1 Å². The normalized spacial score (nSPS) is 15.7. The van der Waals surface area contributed by atoms with Gasteiger partial charge in [-0.1, -0.05) is 53.6 Å². The highest BCUT2D eigenvalue weighted by atomic mass is 32.2. The van der Waals surface area contributed by atoms with Crippen molar-refractivity contribution >= 4 is 63.0 Å². The van der Waals surface area contributed by atoms with Crippen molar-refractivity contribution in [3.63, 3.8) is 0 Å². The number of anilines is 1. The number of rotatable bonds is 5. The molecular formula is C31H23N3O2S2. The maximum Gasteiger partial charge on any atom is 0.271 e. The fourth-order valence-electron chi connectivity index (χ4n) is 4.06. The summed E-state index contributed by atoms with van der Waals surface area (Å²) in [4.78, 5) is 26.2. The van der Waals surface area contributed by atoms with Crippen molar-refractivity contribution in [2.75, 3.05) is 4.90 Å². The molecule has 1 aliphatic rings. The highest BCUT2D eigenvalue weighted by molar-refractivity contribution is 8.19. The zero-order valence-corrected chi connectivity index (χ0v) is 22.4. The van der Waals surface area contributed by atoms with Gasteiger partial charge in [0.1, 0.15) is 5.76 Å². The lowest BCUT2D eigenvalue weighted by molar-refractivity contribution is -0.113. The number of benzene rings is 3. The van der Waals surface area contributed by atoms with Crippen LogP contribution in [0.1, 0.15) is 16.9 Å². The van der Waals surface area contributed by atoms with Crippen LogP contribution in [-0.2, 0) is 4.79 Å². The minimum Gasteiger partial charge on any atom is -0.450 e. The second-order valence-electron chi connectivity index (χ2n) is 8.91. The summed E-state index contributed by atoms with van der Waals surface area (Å²) in [6.45, 7) is 4.06. The largest absolute Gasteiger partial charge is 0.450 e. The van der Waals surface area contributed by atoms with Crippen molar-refractivity contribution in [1.82, 2.24) is 4.98 Å². The van der Waals surface area contributed by atoms with E-state index >= 15 is 0 Å². The van der Waals surface area contributed by atoms with Gasteiger partial charge in [-0.2, -0.15) is 0 Å². The number of thioether (sulfide) groups is 1. The van der Waals surface area contributed by atoms with Crippen LogP contribution in [0.3, 0.4) is 0 Å². The van der Waals surface area contributed by atoms with Crippen LogP contribution in [0.5, 0.6) is 0 Å². The predicted molar refractivity (Wildman–Crippen MR) is 157 cm³/mol. The van der Waals surface area contributed by atoms with Gasteiger partial charge in [-0.3, -0.25) is 14.7 Å². The second kappa shape index (κ2) is 10.4. The summed E-state index contributed by atoms with van der Waals surface area (Å²) in [6.07, 6.45) is 3.58. The molecule has 5 aromatic rings. The first-order chi connectivity index (χ1) is 18.5. The molecule has 0 bridgehead atoms. The van der Waals surface area contributed by atoms with Crippen molar-refractivity contribution < 1.29 is 9.21 Å². The van der Waals surface area contributed by atoms with Crippen LogP contribution in [0, 0.1) is 13.8 Å². The number of carbonyl (C=O) groups excluding carboxylic acids is 1. The number of nitrogens with zero attached hydrogens (tertiary/aromatic N) is 3. The average molecular weight is 534 g/mol. The fourth-order valence-corrected chi connectivity index (χ4v) is 5.95. The summed E-state index contributed by atoms with van der Waals surface area (Å²) in [5.41, 5.74) is 4.79. The number of pyridine rings is 1. The predicted octanol–water partition coefficient (Wildman–Crippen LogP) is 8.40. The van der Waals surface area contributed by atoms with Crippen LogP contribution in [0.2, 0.25) is 0 Å². The molecule has 186 valence electrons. The quantitative estimate of drug-likeness (QED) is 0.212. The molecule has 1 saturated heterocycles. The minimum atomic E-state index is -0.131. The molecular weight excluding hydrogens is 510 g/mol. The van der Waals surface area contributed by atoms with E-state index in [9.17, 15) is 4.79 Å². The summed E-state index contributed by atoms with van der Waals surface area (Å²) >= 11 is 2.86. The second-order valence-corrected chi connectivity index (χ2v) is 11.0. The Morgan fingerprint density at radius 2 is 1.63 bits per heavy atom. The van der Waals surface area contributed by atoms with Gasteiger partial charge in [-0.25, -0.2) is 4.99 Å². The molecule has 0 atom stereocenters. The van der Waals surface area contributed by atoms with E-state index in [1.807, 2.05) is 105 Å². The molecule has 1 fully saturated rings. The van der Waals surface area contributed by atoms with Crippen LogP contribution >= 0.6 is 23.5 Å². The third-order valence-corrected chi connectivity index (χ3v) is 7.98. The van der Waals surface area contributed by atoms with Gasteiger partial charge in [0.25, 0.3) is 5.91 Å². The summed E-state index contributed by atoms with van der Waals surface area (Å²) in [7, 11) is 0. The standard InChI is InChI=1S/C31H23N3O2S2/c1-20-8-12-23(13-9-20)33-31-34(24-14-10-21(2)11-15-24)30(35)27(38-31)19-25-16-17-28(36-25)37-26-7-3-5-22-6-4-18-32-29(22)26/h3-19H,1-2H3/b27-19-,33-31?.